The summed E-state index contributed by atoms with van der Waals surface area (Å²) in [6, 6.07) is 16.9. The minimum Gasteiger partial charge on any atom is -0.482 e. The van der Waals surface area contributed by atoms with E-state index in [9.17, 15) is 13.2 Å². The largest absolute Gasteiger partial charge is 0.482 e. The van der Waals surface area contributed by atoms with Crippen molar-refractivity contribution in [3.63, 3.8) is 0 Å². The second kappa shape index (κ2) is 9.37. The maximum absolute atomic E-state index is 13.0. The highest BCUT2D eigenvalue weighted by Gasteiger charge is 2.28. The minimum absolute atomic E-state index is 0.0308. The number of rotatable bonds is 8. The van der Waals surface area contributed by atoms with Gasteiger partial charge in [-0.05, 0) is 54.7 Å². The zero-order valence-corrected chi connectivity index (χ0v) is 17.9. The van der Waals surface area contributed by atoms with Crippen LogP contribution in [0.4, 0.5) is 0 Å². The van der Waals surface area contributed by atoms with Crippen LogP contribution in [0.3, 0.4) is 0 Å². The molecule has 0 radical (unpaired) electrons. The second-order valence-corrected chi connectivity index (χ2v) is 9.03. The number of aliphatic carboxylic acids is 1. The Morgan fingerprint density at radius 3 is 2.62 bits per heavy atom. The van der Waals surface area contributed by atoms with Gasteiger partial charge in [-0.3, -0.25) is 0 Å². The van der Waals surface area contributed by atoms with Crippen molar-refractivity contribution >= 4 is 16.0 Å². The fourth-order valence-corrected chi connectivity index (χ4v) is 4.86. The predicted molar refractivity (Wildman–Crippen MR) is 116 cm³/mol. The van der Waals surface area contributed by atoms with Gasteiger partial charge < -0.3 is 14.6 Å². The fraction of sp³-hybridized carbons (Fsp3) is 0.217. The number of aromatic nitrogens is 1. The van der Waals surface area contributed by atoms with Gasteiger partial charge in [-0.25, -0.2) is 22.9 Å². The van der Waals surface area contributed by atoms with Crippen molar-refractivity contribution < 1.29 is 27.8 Å². The third-order valence-electron chi connectivity index (χ3n) is 5.10. The molecule has 0 aliphatic heterocycles. The Morgan fingerprint density at radius 1 is 1.09 bits per heavy atom. The number of nitrogens with one attached hydrogen (secondary N) is 1. The number of hydrogen-bond donors (Lipinski definition) is 2. The normalized spacial score (nSPS) is 15.6. The van der Waals surface area contributed by atoms with E-state index in [2.05, 4.69) is 9.71 Å². The Kier molecular flexibility index (Phi) is 6.38. The Hall–Kier alpha value is -3.43. The summed E-state index contributed by atoms with van der Waals surface area (Å²) in [7, 11) is -3.83. The standard InChI is InChI=1S/C23H22N2O6S/c26-23(27)15-30-21-11-5-8-18-19(21)9-4-10-20(18)25-32(28,29)17-12-13-22(24-14-17)31-16-6-2-1-3-7-16/h1-3,5-8,11-14,20,25H,4,9-10,15H2,(H,26,27). The van der Waals surface area contributed by atoms with Crippen molar-refractivity contribution in [3.05, 3.63) is 78.0 Å². The monoisotopic (exact) mass is 454 g/mol. The van der Waals surface area contributed by atoms with E-state index in [0.717, 1.165) is 17.5 Å². The summed E-state index contributed by atoms with van der Waals surface area (Å²) < 4.78 is 39.7. The van der Waals surface area contributed by atoms with Gasteiger partial charge in [0.25, 0.3) is 0 Å². The number of benzene rings is 2. The summed E-state index contributed by atoms with van der Waals surface area (Å²) in [4.78, 5) is 15.0. The van der Waals surface area contributed by atoms with Crippen LogP contribution in [0.5, 0.6) is 17.4 Å². The topological polar surface area (TPSA) is 115 Å². The summed E-state index contributed by atoms with van der Waals surface area (Å²) in [6.07, 6.45) is 3.32. The highest BCUT2D eigenvalue weighted by Crippen LogP contribution is 2.36. The number of fused-ring (bicyclic) bond motifs is 1. The molecule has 9 heteroatoms. The molecule has 2 aromatic carbocycles. The van der Waals surface area contributed by atoms with Crippen LogP contribution in [0, 0.1) is 0 Å². The van der Waals surface area contributed by atoms with Gasteiger partial charge >= 0.3 is 5.97 Å². The number of nitrogens with zero attached hydrogens (tertiary/aromatic N) is 1. The lowest BCUT2D eigenvalue weighted by Gasteiger charge is -2.27. The van der Waals surface area contributed by atoms with Crippen molar-refractivity contribution in [2.45, 2.75) is 30.2 Å². The van der Waals surface area contributed by atoms with Gasteiger partial charge in [0.2, 0.25) is 15.9 Å². The van der Waals surface area contributed by atoms with E-state index < -0.39 is 28.6 Å². The lowest BCUT2D eigenvalue weighted by molar-refractivity contribution is -0.139. The molecule has 1 atom stereocenters. The Bertz CT molecular complexity index is 1200. The second-order valence-electron chi connectivity index (χ2n) is 7.32. The molecule has 1 aliphatic rings. The Balaban J connectivity index is 1.51. The third-order valence-corrected chi connectivity index (χ3v) is 6.55. The average Bonchev–Trinajstić information content (AvgIpc) is 2.79. The van der Waals surface area contributed by atoms with Gasteiger partial charge in [0.05, 0.1) is 6.20 Å². The quantitative estimate of drug-likeness (QED) is 0.533. The van der Waals surface area contributed by atoms with E-state index in [-0.39, 0.29) is 4.90 Å². The molecule has 166 valence electrons. The Morgan fingerprint density at radius 2 is 1.91 bits per heavy atom. The maximum atomic E-state index is 13.0. The van der Waals surface area contributed by atoms with E-state index in [1.54, 1.807) is 24.3 Å². The average molecular weight is 455 g/mol. The molecule has 3 aromatic rings. The molecular formula is C23H22N2O6S. The lowest BCUT2D eigenvalue weighted by atomic mass is 9.87. The summed E-state index contributed by atoms with van der Waals surface area (Å²) in [5.41, 5.74) is 1.62. The van der Waals surface area contributed by atoms with Crippen molar-refractivity contribution in [2.24, 2.45) is 0 Å². The molecule has 1 unspecified atom stereocenters. The minimum atomic E-state index is -3.83. The number of hydrogen-bond acceptors (Lipinski definition) is 6. The zero-order valence-electron chi connectivity index (χ0n) is 17.1. The van der Waals surface area contributed by atoms with Gasteiger partial charge in [-0.1, -0.05) is 30.3 Å². The van der Waals surface area contributed by atoms with Crippen molar-refractivity contribution in [2.75, 3.05) is 6.61 Å². The van der Waals surface area contributed by atoms with Gasteiger partial charge in [-0.2, -0.15) is 0 Å². The molecule has 32 heavy (non-hydrogen) atoms. The zero-order chi connectivity index (χ0) is 22.6. The first-order valence-corrected chi connectivity index (χ1v) is 11.6. The number of carboxylic acid groups (broad SMARTS) is 1. The summed E-state index contributed by atoms with van der Waals surface area (Å²) in [5, 5.41) is 8.88. The van der Waals surface area contributed by atoms with Gasteiger partial charge in [0, 0.05) is 12.1 Å². The van der Waals surface area contributed by atoms with E-state index in [1.807, 2.05) is 24.3 Å². The number of ether oxygens (including phenoxy) is 2. The maximum Gasteiger partial charge on any atom is 0.341 e. The SMILES string of the molecule is O=C(O)COc1cccc2c1CCCC2NS(=O)(=O)c1ccc(Oc2ccccc2)nc1. The highest BCUT2D eigenvalue weighted by molar-refractivity contribution is 7.89. The van der Waals surface area contributed by atoms with Crippen LogP contribution >= 0.6 is 0 Å². The number of carboxylic acids is 1. The predicted octanol–water partition coefficient (Wildman–Crippen LogP) is 3.69. The van der Waals surface area contributed by atoms with Crippen LogP contribution in [0.15, 0.2) is 71.8 Å². The molecule has 0 bridgehead atoms. The molecule has 8 nitrogen and oxygen atoms in total. The highest BCUT2D eigenvalue weighted by atomic mass is 32.2. The van der Waals surface area contributed by atoms with E-state index >= 15 is 0 Å². The summed E-state index contributed by atoms with van der Waals surface area (Å²) in [6.45, 7) is -0.448. The molecule has 0 fully saturated rings. The summed E-state index contributed by atoms with van der Waals surface area (Å²) >= 11 is 0. The molecule has 1 aromatic heterocycles. The lowest BCUT2D eigenvalue weighted by Crippen LogP contribution is -2.31. The molecule has 0 amide bonds. The smallest absolute Gasteiger partial charge is 0.341 e. The third kappa shape index (κ3) is 5.06. The molecule has 0 spiro atoms. The van der Waals surface area contributed by atoms with Crippen LogP contribution in [0.25, 0.3) is 0 Å². The van der Waals surface area contributed by atoms with Gasteiger partial charge in [0.1, 0.15) is 16.4 Å². The molecule has 2 N–H and O–H groups in total. The van der Waals surface area contributed by atoms with Gasteiger partial charge in [0.15, 0.2) is 6.61 Å². The number of sulfonamides is 1. The van der Waals surface area contributed by atoms with Crippen molar-refractivity contribution in [1.82, 2.24) is 9.71 Å². The van der Waals surface area contributed by atoms with E-state index in [1.165, 1.54) is 18.3 Å². The number of carbonyl (C=O) groups is 1. The van der Waals surface area contributed by atoms with E-state index in [0.29, 0.717) is 30.2 Å². The van der Waals surface area contributed by atoms with Crippen LogP contribution in [0.1, 0.15) is 30.0 Å². The van der Waals surface area contributed by atoms with E-state index in [4.69, 9.17) is 14.6 Å². The van der Waals surface area contributed by atoms with Crippen LogP contribution < -0.4 is 14.2 Å². The molecule has 4 rings (SSSR count). The van der Waals surface area contributed by atoms with Gasteiger partial charge in [-0.15, -0.1) is 0 Å². The van der Waals surface area contributed by atoms with Crippen LogP contribution in [-0.2, 0) is 21.2 Å². The molecule has 1 heterocycles. The summed E-state index contributed by atoms with van der Waals surface area (Å²) in [5.74, 6) is 0.299. The van der Waals surface area contributed by atoms with Crippen molar-refractivity contribution in [1.29, 1.82) is 0 Å². The molecule has 0 saturated heterocycles. The van der Waals surface area contributed by atoms with Crippen molar-refractivity contribution in [3.8, 4) is 17.4 Å². The number of para-hydroxylation sites is 1. The first kappa shape index (κ1) is 21.8. The fourth-order valence-electron chi connectivity index (χ4n) is 3.66. The molecule has 0 saturated carbocycles. The Labute approximate surface area is 185 Å². The van der Waals surface area contributed by atoms with Crippen LogP contribution in [0.2, 0.25) is 0 Å². The first-order chi connectivity index (χ1) is 15.4. The molecular weight excluding hydrogens is 432 g/mol. The number of pyridine rings is 1. The molecule has 1 aliphatic carbocycles. The van der Waals surface area contributed by atoms with Crippen LogP contribution in [-0.4, -0.2) is 31.1 Å². The first-order valence-electron chi connectivity index (χ1n) is 10.1.